The van der Waals surface area contributed by atoms with E-state index in [0.29, 0.717) is 25.9 Å². The maximum atomic E-state index is 11.4. The lowest BCUT2D eigenvalue weighted by atomic mass is 9.83. The van der Waals surface area contributed by atoms with Crippen LogP contribution in [0.2, 0.25) is 0 Å². The molecule has 2 fully saturated rings. The standard InChI is InChI=1S/C23H45N5O7/c1-5-27-10-12-7-8-13(24)21(33-12)34-18-14(25)9-15(28-6-2)19(16(18)29)35-22-17(30)20(26-4)23(3,31)11-32-22/h7,13-22,26-31H,5-6,8-11,24-25H2,1-4H3/t13-,14+,15-,16+,17-,18-,19+,20-,21-,22-,23+/m1/s1. The molecule has 0 unspecified atom stereocenters. The first kappa shape index (κ1) is 28.7. The minimum Gasteiger partial charge on any atom is -0.467 e. The zero-order valence-corrected chi connectivity index (χ0v) is 21.2. The number of hydrogen-bond acceptors (Lipinski definition) is 12. The lowest BCUT2D eigenvalue weighted by molar-refractivity contribution is -0.304. The van der Waals surface area contributed by atoms with Gasteiger partial charge in [-0.05, 0) is 46.0 Å². The van der Waals surface area contributed by atoms with Gasteiger partial charge in [0.1, 0.15) is 35.8 Å². The number of aliphatic hydroxyl groups is 3. The SMILES string of the molecule is CCNCC1=CC[C@@H](N)[C@@H](O[C@H]2[C@H](O)[C@@H](O[C@H]3OC[C@](C)(O)[C@H](NC)[C@H]3O)[C@H](NCC)C[C@@H]2N)O1. The average molecular weight is 504 g/mol. The van der Waals surface area contributed by atoms with Crippen LogP contribution >= 0.6 is 0 Å². The minimum atomic E-state index is -1.28. The predicted octanol–water partition coefficient (Wildman–Crippen LogP) is -2.55. The van der Waals surface area contributed by atoms with Crippen molar-refractivity contribution in [3.05, 3.63) is 11.8 Å². The molecule has 3 aliphatic rings. The van der Waals surface area contributed by atoms with E-state index in [1.807, 2.05) is 19.9 Å². The summed E-state index contributed by atoms with van der Waals surface area (Å²) in [4.78, 5) is 0. The molecule has 0 bridgehead atoms. The molecular formula is C23H45N5O7. The van der Waals surface area contributed by atoms with Gasteiger partial charge in [0.15, 0.2) is 6.29 Å². The van der Waals surface area contributed by atoms with E-state index >= 15 is 0 Å². The van der Waals surface area contributed by atoms with Crippen molar-refractivity contribution in [2.75, 3.05) is 33.3 Å². The van der Waals surface area contributed by atoms with Crippen molar-refractivity contribution in [2.24, 2.45) is 11.5 Å². The first-order valence-electron chi connectivity index (χ1n) is 12.6. The maximum Gasteiger partial charge on any atom is 0.215 e. The lowest BCUT2D eigenvalue weighted by Gasteiger charge is -2.49. The molecule has 3 rings (SSSR count). The summed E-state index contributed by atoms with van der Waals surface area (Å²) >= 11 is 0. The van der Waals surface area contributed by atoms with Gasteiger partial charge in [-0.25, -0.2) is 0 Å². The van der Waals surface area contributed by atoms with Crippen molar-refractivity contribution >= 4 is 0 Å². The largest absolute Gasteiger partial charge is 0.467 e. The fourth-order valence-electron chi connectivity index (χ4n) is 5.09. The predicted molar refractivity (Wildman–Crippen MR) is 129 cm³/mol. The van der Waals surface area contributed by atoms with Crippen molar-refractivity contribution < 1.29 is 34.3 Å². The highest BCUT2D eigenvalue weighted by Gasteiger charge is 2.51. The Labute approximate surface area is 207 Å². The Bertz CT molecular complexity index is 699. The normalized spacial score (nSPS) is 44.5. The summed E-state index contributed by atoms with van der Waals surface area (Å²) in [6.45, 7) is 7.49. The van der Waals surface area contributed by atoms with Gasteiger partial charge in [-0.3, -0.25) is 0 Å². The van der Waals surface area contributed by atoms with Crippen molar-refractivity contribution in [1.82, 2.24) is 16.0 Å². The van der Waals surface area contributed by atoms with Crippen LogP contribution in [0.4, 0.5) is 0 Å². The zero-order chi connectivity index (χ0) is 25.8. The van der Waals surface area contributed by atoms with Crippen molar-refractivity contribution in [2.45, 2.75) is 100 Å². The molecule has 12 nitrogen and oxygen atoms in total. The van der Waals surface area contributed by atoms with Gasteiger partial charge < -0.3 is 61.7 Å². The second-order valence-electron chi connectivity index (χ2n) is 9.89. The molecular weight excluding hydrogens is 458 g/mol. The Morgan fingerprint density at radius 2 is 1.80 bits per heavy atom. The molecule has 0 amide bonds. The zero-order valence-electron chi connectivity index (χ0n) is 21.2. The third kappa shape index (κ3) is 6.70. The molecule has 35 heavy (non-hydrogen) atoms. The summed E-state index contributed by atoms with van der Waals surface area (Å²) in [6.07, 6.45) is -2.77. The third-order valence-electron chi connectivity index (χ3n) is 6.99. The van der Waals surface area contributed by atoms with Crippen molar-refractivity contribution in [1.29, 1.82) is 0 Å². The summed E-state index contributed by atoms with van der Waals surface area (Å²) in [5, 5.41) is 42.2. The van der Waals surface area contributed by atoms with E-state index < -0.39 is 60.7 Å². The number of ether oxygens (including phenoxy) is 4. The molecule has 1 saturated carbocycles. The molecule has 0 radical (unpaired) electrons. The number of aliphatic hydroxyl groups excluding tert-OH is 2. The fraction of sp³-hybridized carbons (Fsp3) is 0.913. The van der Waals surface area contributed by atoms with Gasteiger partial charge in [0.25, 0.3) is 0 Å². The molecule has 1 aliphatic carbocycles. The van der Waals surface area contributed by atoms with E-state index in [1.54, 1.807) is 14.0 Å². The van der Waals surface area contributed by atoms with Crippen molar-refractivity contribution in [3.8, 4) is 0 Å². The number of nitrogens with two attached hydrogens (primary N) is 2. The van der Waals surface area contributed by atoms with Crippen LogP contribution in [0, 0.1) is 0 Å². The molecule has 2 heterocycles. The second kappa shape index (κ2) is 12.6. The first-order chi connectivity index (χ1) is 16.6. The van der Waals surface area contributed by atoms with E-state index in [1.165, 1.54) is 0 Å². The molecule has 0 spiro atoms. The number of hydrogen-bond donors (Lipinski definition) is 8. The average Bonchev–Trinajstić information content (AvgIpc) is 2.81. The fourth-order valence-corrected chi connectivity index (χ4v) is 5.09. The Kier molecular flexibility index (Phi) is 10.3. The van der Waals surface area contributed by atoms with Gasteiger partial charge >= 0.3 is 0 Å². The van der Waals surface area contributed by atoms with E-state index in [9.17, 15) is 15.3 Å². The topological polar surface area (TPSA) is 186 Å². The van der Waals surface area contributed by atoms with E-state index in [0.717, 1.165) is 12.3 Å². The number of rotatable bonds is 10. The number of likely N-dealkylation sites (N-methyl/N-ethyl adjacent to an activating group) is 3. The summed E-state index contributed by atoms with van der Waals surface area (Å²) in [7, 11) is 1.65. The molecule has 0 aromatic rings. The van der Waals surface area contributed by atoms with Crippen LogP contribution < -0.4 is 27.4 Å². The molecule has 204 valence electrons. The molecule has 11 atom stereocenters. The third-order valence-corrected chi connectivity index (χ3v) is 6.99. The van der Waals surface area contributed by atoms with Crippen LogP contribution in [0.3, 0.4) is 0 Å². The summed E-state index contributed by atoms with van der Waals surface area (Å²) in [5.41, 5.74) is 11.4. The summed E-state index contributed by atoms with van der Waals surface area (Å²) in [6, 6.07) is -1.89. The van der Waals surface area contributed by atoms with Gasteiger partial charge in [0, 0.05) is 12.1 Å². The molecule has 1 saturated heterocycles. The van der Waals surface area contributed by atoms with Crippen LogP contribution in [0.15, 0.2) is 11.8 Å². The van der Waals surface area contributed by atoms with Crippen LogP contribution in [-0.4, -0.2) is 115 Å². The van der Waals surface area contributed by atoms with Crippen LogP contribution in [0.25, 0.3) is 0 Å². The second-order valence-corrected chi connectivity index (χ2v) is 9.89. The van der Waals surface area contributed by atoms with E-state index in [2.05, 4.69) is 16.0 Å². The van der Waals surface area contributed by atoms with E-state index in [-0.39, 0.29) is 12.6 Å². The van der Waals surface area contributed by atoms with E-state index in [4.69, 9.17) is 30.4 Å². The Balaban J connectivity index is 1.73. The van der Waals surface area contributed by atoms with Gasteiger partial charge in [-0.1, -0.05) is 13.8 Å². The highest BCUT2D eigenvalue weighted by molar-refractivity contribution is 5.05. The Morgan fingerprint density at radius 1 is 1.09 bits per heavy atom. The molecule has 2 aliphatic heterocycles. The Morgan fingerprint density at radius 3 is 2.46 bits per heavy atom. The maximum absolute atomic E-state index is 11.4. The minimum absolute atomic E-state index is 0.0416. The van der Waals surface area contributed by atoms with Crippen LogP contribution in [0.5, 0.6) is 0 Å². The first-order valence-corrected chi connectivity index (χ1v) is 12.6. The molecule has 0 aromatic heterocycles. The Hall–Kier alpha value is -0.900. The molecule has 10 N–H and O–H groups in total. The molecule has 12 heteroatoms. The smallest absolute Gasteiger partial charge is 0.215 e. The highest BCUT2D eigenvalue weighted by Crippen LogP contribution is 2.31. The van der Waals surface area contributed by atoms with Gasteiger partial charge in [0.2, 0.25) is 6.29 Å². The molecule has 0 aromatic carbocycles. The highest BCUT2D eigenvalue weighted by atomic mass is 16.7. The van der Waals surface area contributed by atoms with Crippen LogP contribution in [0.1, 0.15) is 33.6 Å². The van der Waals surface area contributed by atoms with Gasteiger partial charge in [-0.15, -0.1) is 0 Å². The van der Waals surface area contributed by atoms with Crippen molar-refractivity contribution in [3.63, 3.8) is 0 Å². The summed E-state index contributed by atoms with van der Waals surface area (Å²) in [5.74, 6) is 0.736. The monoisotopic (exact) mass is 503 g/mol. The quantitative estimate of drug-likeness (QED) is 0.156. The van der Waals surface area contributed by atoms with Gasteiger partial charge in [0.05, 0.1) is 25.2 Å². The summed E-state index contributed by atoms with van der Waals surface area (Å²) < 4.78 is 23.9. The lowest BCUT2D eigenvalue weighted by Crippen LogP contribution is -2.69. The van der Waals surface area contributed by atoms with Crippen LogP contribution in [-0.2, 0) is 18.9 Å². The van der Waals surface area contributed by atoms with Gasteiger partial charge in [-0.2, -0.15) is 0 Å². The number of nitrogens with one attached hydrogen (secondary N) is 3.